The van der Waals surface area contributed by atoms with Crippen LogP contribution in [0.2, 0.25) is 0 Å². The average Bonchev–Trinajstić information content (AvgIpc) is 2.38. The number of halogens is 1. The minimum atomic E-state index is -0.868. The Kier molecular flexibility index (Phi) is 5.16. The lowest BCUT2D eigenvalue weighted by molar-refractivity contribution is 0.0314. The van der Waals surface area contributed by atoms with Crippen LogP contribution in [0.25, 0.3) is 0 Å². The van der Waals surface area contributed by atoms with Crippen molar-refractivity contribution in [1.29, 1.82) is 0 Å². The largest absolute Gasteiger partial charge is 0.507 e. The van der Waals surface area contributed by atoms with Gasteiger partial charge in [0.1, 0.15) is 5.75 Å². The van der Waals surface area contributed by atoms with Gasteiger partial charge in [0.05, 0.1) is 10.1 Å². The summed E-state index contributed by atoms with van der Waals surface area (Å²) in [5.41, 5.74) is -0.502. The van der Waals surface area contributed by atoms with Gasteiger partial charge in [0.25, 0.3) is 5.91 Å². The minimum Gasteiger partial charge on any atom is -0.507 e. The van der Waals surface area contributed by atoms with Crippen LogP contribution >= 0.6 is 15.9 Å². The Bertz CT molecular complexity index is 430. The number of amides is 1. The first-order valence-electron chi connectivity index (χ1n) is 5.91. The molecular formula is C13H18BrNO3. The third kappa shape index (κ3) is 3.71. The molecule has 0 atom stereocenters. The van der Waals surface area contributed by atoms with Crippen LogP contribution in [0.3, 0.4) is 0 Å². The van der Waals surface area contributed by atoms with E-state index in [0.29, 0.717) is 22.9 Å². The second-order valence-corrected chi connectivity index (χ2v) is 5.13. The van der Waals surface area contributed by atoms with E-state index in [-0.39, 0.29) is 18.2 Å². The summed E-state index contributed by atoms with van der Waals surface area (Å²) in [4.78, 5) is 11.8. The van der Waals surface area contributed by atoms with Crippen molar-refractivity contribution >= 4 is 21.8 Å². The number of aliphatic hydroxyl groups is 1. The number of hydrogen-bond donors (Lipinski definition) is 3. The van der Waals surface area contributed by atoms with Crippen LogP contribution in [-0.4, -0.2) is 28.3 Å². The van der Waals surface area contributed by atoms with E-state index < -0.39 is 5.60 Å². The summed E-state index contributed by atoms with van der Waals surface area (Å²) < 4.78 is 0.540. The second-order valence-electron chi connectivity index (χ2n) is 4.28. The standard InChI is InChI=1S/C13H18BrNO3/c1-3-13(18,4-2)8-15-12(17)9-5-6-10(14)11(16)7-9/h5-7,16,18H,3-4,8H2,1-2H3,(H,15,17). The summed E-state index contributed by atoms with van der Waals surface area (Å²) in [6.45, 7) is 3.96. The molecule has 5 heteroatoms. The smallest absolute Gasteiger partial charge is 0.251 e. The first-order valence-corrected chi connectivity index (χ1v) is 6.70. The van der Waals surface area contributed by atoms with E-state index in [1.165, 1.54) is 6.07 Å². The Hall–Kier alpha value is -1.07. The molecule has 0 aliphatic heterocycles. The van der Waals surface area contributed by atoms with Gasteiger partial charge in [-0.25, -0.2) is 0 Å². The molecule has 0 radical (unpaired) electrons. The first kappa shape index (κ1) is 15.0. The number of nitrogens with one attached hydrogen (secondary N) is 1. The van der Waals surface area contributed by atoms with Gasteiger partial charge < -0.3 is 15.5 Å². The highest BCUT2D eigenvalue weighted by atomic mass is 79.9. The van der Waals surface area contributed by atoms with Gasteiger partial charge >= 0.3 is 0 Å². The van der Waals surface area contributed by atoms with Crippen molar-refractivity contribution in [3.8, 4) is 5.75 Å². The zero-order valence-electron chi connectivity index (χ0n) is 10.5. The molecule has 0 saturated heterocycles. The molecule has 0 heterocycles. The molecule has 1 amide bonds. The molecule has 0 unspecified atom stereocenters. The molecule has 0 fully saturated rings. The molecule has 1 aromatic carbocycles. The fourth-order valence-corrected chi connectivity index (χ4v) is 1.75. The van der Waals surface area contributed by atoms with Crippen molar-refractivity contribution in [2.75, 3.05) is 6.54 Å². The third-order valence-corrected chi connectivity index (χ3v) is 3.77. The molecule has 3 N–H and O–H groups in total. The highest BCUT2D eigenvalue weighted by molar-refractivity contribution is 9.10. The SMILES string of the molecule is CCC(O)(CC)CNC(=O)c1ccc(Br)c(O)c1. The molecule has 100 valence electrons. The fraction of sp³-hybridized carbons (Fsp3) is 0.462. The summed E-state index contributed by atoms with van der Waals surface area (Å²) in [6.07, 6.45) is 1.16. The fourth-order valence-electron chi connectivity index (χ4n) is 1.50. The lowest BCUT2D eigenvalue weighted by atomic mass is 9.97. The minimum absolute atomic E-state index is 0.0175. The summed E-state index contributed by atoms with van der Waals surface area (Å²) in [6, 6.07) is 4.60. The van der Waals surface area contributed by atoms with Gasteiger partial charge in [-0.05, 0) is 47.0 Å². The number of carbonyl (C=O) groups excluding carboxylic acids is 1. The average molecular weight is 316 g/mol. The first-order chi connectivity index (χ1) is 8.41. The zero-order valence-corrected chi connectivity index (χ0v) is 12.1. The highest BCUT2D eigenvalue weighted by Crippen LogP contribution is 2.24. The van der Waals surface area contributed by atoms with Crippen molar-refractivity contribution < 1.29 is 15.0 Å². The van der Waals surface area contributed by atoms with Gasteiger partial charge in [-0.15, -0.1) is 0 Å². The maximum atomic E-state index is 11.8. The van der Waals surface area contributed by atoms with E-state index in [1.807, 2.05) is 13.8 Å². The second kappa shape index (κ2) is 6.20. The van der Waals surface area contributed by atoms with Gasteiger partial charge in [0.2, 0.25) is 0 Å². The lowest BCUT2D eigenvalue weighted by Crippen LogP contribution is -2.42. The highest BCUT2D eigenvalue weighted by Gasteiger charge is 2.23. The zero-order chi connectivity index (χ0) is 13.8. The molecule has 1 rings (SSSR count). The monoisotopic (exact) mass is 315 g/mol. The summed E-state index contributed by atoms with van der Waals surface area (Å²) in [5, 5.41) is 22.2. The maximum Gasteiger partial charge on any atom is 0.251 e. The Morgan fingerprint density at radius 1 is 1.39 bits per heavy atom. The van der Waals surface area contributed by atoms with Crippen molar-refractivity contribution in [3.63, 3.8) is 0 Å². The van der Waals surface area contributed by atoms with Crippen LogP contribution in [0.4, 0.5) is 0 Å². The molecule has 0 bridgehead atoms. The Morgan fingerprint density at radius 3 is 2.50 bits per heavy atom. The normalized spacial score (nSPS) is 11.3. The van der Waals surface area contributed by atoms with Crippen molar-refractivity contribution in [1.82, 2.24) is 5.32 Å². The van der Waals surface area contributed by atoms with Crippen LogP contribution in [-0.2, 0) is 0 Å². The van der Waals surface area contributed by atoms with Gasteiger partial charge in [-0.2, -0.15) is 0 Å². The van der Waals surface area contributed by atoms with Crippen molar-refractivity contribution in [2.24, 2.45) is 0 Å². The number of hydrogen-bond acceptors (Lipinski definition) is 3. The van der Waals surface area contributed by atoms with E-state index in [2.05, 4.69) is 21.2 Å². The Balaban J connectivity index is 2.68. The van der Waals surface area contributed by atoms with E-state index in [4.69, 9.17) is 0 Å². The van der Waals surface area contributed by atoms with E-state index >= 15 is 0 Å². The molecule has 0 aliphatic carbocycles. The van der Waals surface area contributed by atoms with Crippen molar-refractivity contribution in [3.05, 3.63) is 28.2 Å². The van der Waals surface area contributed by atoms with Crippen LogP contribution in [0.5, 0.6) is 5.75 Å². The number of phenols is 1. The maximum absolute atomic E-state index is 11.8. The molecule has 4 nitrogen and oxygen atoms in total. The third-order valence-electron chi connectivity index (χ3n) is 3.10. The van der Waals surface area contributed by atoms with E-state index in [1.54, 1.807) is 12.1 Å². The number of phenolic OH excluding ortho intramolecular Hbond substituents is 1. The molecule has 0 aromatic heterocycles. The summed E-state index contributed by atoms with van der Waals surface area (Å²) >= 11 is 3.15. The molecular weight excluding hydrogens is 298 g/mol. The number of rotatable bonds is 5. The van der Waals surface area contributed by atoms with E-state index in [9.17, 15) is 15.0 Å². The quantitative estimate of drug-likeness (QED) is 0.781. The number of benzene rings is 1. The van der Waals surface area contributed by atoms with Crippen LogP contribution in [0, 0.1) is 0 Å². The molecule has 0 saturated carbocycles. The van der Waals surface area contributed by atoms with Crippen LogP contribution in [0.1, 0.15) is 37.0 Å². The predicted molar refractivity (Wildman–Crippen MR) is 73.7 cm³/mol. The number of carbonyl (C=O) groups is 1. The molecule has 18 heavy (non-hydrogen) atoms. The van der Waals surface area contributed by atoms with Gasteiger partial charge in [-0.3, -0.25) is 4.79 Å². The summed E-state index contributed by atoms with van der Waals surface area (Å²) in [5.74, 6) is -0.290. The lowest BCUT2D eigenvalue weighted by Gasteiger charge is -2.25. The Morgan fingerprint density at radius 2 is 2.00 bits per heavy atom. The topological polar surface area (TPSA) is 69.6 Å². The van der Waals surface area contributed by atoms with E-state index in [0.717, 1.165) is 0 Å². The van der Waals surface area contributed by atoms with Crippen LogP contribution < -0.4 is 5.32 Å². The predicted octanol–water partition coefficient (Wildman–Crippen LogP) is 2.44. The van der Waals surface area contributed by atoms with Gasteiger partial charge in [0, 0.05) is 12.1 Å². The van der Waals surface area contributed by atoms with Gasteiger partial charge in [-0.1, -0.05) is 13.8 Å². The van der Waals surface area contributed by atoms with Crippen LogP contribution in [0.15, 0.2) is 22.7 Å². The molecule has 0 aliphatic rings. The van der Waals surface area contributed by atoms with Crippen molar-refractivity contribution in [2.45, 2.75) is 32.3 Å². The molecule has 0 spiro atoms. The summed E-state index contributed by atoms with van der Waals surface area (Å²) in [7, 11) is 0. The number of aromatic hydroxyl groups is 1. The molecule has 1 aromatic rings. The Labute approximate surface area is 115 Å². The van der Waals surface area contributed by atoms with Gasteiger partial charge in [0.15, 0.2) is 0 Å².